The minimum atomic E-state index is -1.23. The van der Waals surface area contributed by atoms with E-state index in [2.05, 4.69) is 39.8 Å². The molecule has 0 unspecified atom stereocenters. The Balaban J connectivity index is 5.39. The molecule has 25 heavy (non-hydrogen) atoms. The van der Waals surface area contributed by atoms with Gasteiger partial charge in [-0.2, -0.15) is 0 Å². The Morgan fingerprint density at radius 1 is 0.800 bits per heavy atom. The fraction of sp³-hybridized carbons (Fsp3) is 0.714. The molecule has 0 fully saturated rings. The monoisotopic (exact) mass is 352 g/mol. The van der Waals surface area contributed by atoms with Gasteiger partial charge < -0.3 is 9.47 Å². The van der Waals surface area contributed by atoms with Gasteiger partial charge in [-0.05, 0) is 51.4 Å². The maximum Gasteiger partial charge on any atom is 0.323 e. The molecule has 0 atom stereocenters. The molecule has 0 radical (unpaired) electrons. The molecule has 0 aromatic rings. The second-order valence-corrected chi connectivity index (χ2v) is 6.94. The van der Waals surface area contributed by atoms with Crippen molar-refractivity contribution in [3.63, 3.8) is 0 Å². The van der Waals surface area contributed by atoms with E-state index in [1.54, 1.807) is 13.8 Å². The summed E-state index contributed by atoms with van der Waals surface area (Å²) < 4.78 is 10.5. The quantitative estimate of drug-likeness (QED) is 0.279. The molecule has 0 aromatic heterocycles. The van der Waals surface area contributed by atoms with E-state index in [-0.39, 0.29) is 13.2 Å². The molecule has 0 aliphatic rings. The summed E-state index contributed by atoms with van der Waals surface area (Å²) in [5.41, 5.74) is -1.23. The van der Waals surface area contributed by atoms with Gasteiger partial charge in [-0.3, -0.25) is 9.59 Å². The van der Waals surface area contributed by atoms with Crippen LogP contribution in [0.4, 0.5) is 0 Å². The molecule has 144 valence electrons. The van der Waals surface area contributed by atoms with Gasteiger partial charge in [0.1, 0.15) is 0 Å². The Kier molecular flexibility index (Phi) is 11.9. The van der Waals surface area contributed by atoms with E-state index in [1.807, 2.05) is 12.2 Å². The van der Waals surface area contributed by atoms with Gasteiger partial charge in [0, 0.05) is 0 Å². The number of carbonyl (C=O) groups excluding carboxylic acids is 2. The first-order valence-corrected chi connectivity index (χ1v) is 9.47. The molecule has 0 aliphatic heterocycles. The molecule has 4 nitrogen and oxygen atoms in total. The van der Waals surface area contributed by atoms with Gasteiger partial charge in [0.2, 0.25) is 0 Å². The highest BCUT2D eigenvalue weighted by molar-refractivity contribution is 6.00. The summed E-state index contributed by atoms with van der Waals surface area (Å²) in [6, 6.07) is 0. The van der Waals surface area contributed by atoms with Crippen molar-refractivity contribution in [2.75, 3.05) is 13.2 Å². The normalized spacial score (nSPS) is 12.5. The van der Waals surface area contributed by atoms with E-state index in [1.165, 1.54) is 0 Å². The first-order valence-electron chi connectivity index (χ1n) is 9.47. The second-order valence-electron chi connectivity index (χ2n) is 6.94. The van der Waals surface area contributed by atoms with Gasteiger partial charge in [-0.15, -0.1) is 0 Å². The molecule has 0 heterocycles. The van der Waals surface area contributed by atoms with E-state index >= 15 is 0 Å². The van der Waals surface area contributed by atoms with Crippen LogP contribution in [0.25, 0.3) is 0 Å². The fourth-order valence-corrected chi connectivity index (χ4v) is 2.55. The van der Waals surface area contributed by atoms with Crippen LogP contribution in [0.2, 0.25) is 0 Å². The largest absolute Gasteiger partial charge is 0.465 e. The molecule has 0 bridgehead atoms. The predicted molar refractivity (Wildman–Crippen MR) is 102 cm³/mol. The Hall–Kier alpha value is -1.58. The van der Waals surface area contributed by atoms with Gasteiger partial charge in [-0.1, -0.05) is 52.0 Å². The first-order chi connectivity index (χ1) is 11.8. The third-order valence-corrected chi connectivity index (χ3v) is 3.85. The summed E-state index contributed by atoms with van der Waals surface area (Å²) in [5.74, 6) is -0.0594. The van der Waals surface area contributed by atoms with Crippen LogP contribution in [-0.2, 0) is 19.1 Å². The van der Waals surface area contributed by atoms with Gasteiger partial charge in [-0.25, -0.2) is 0 Å². The highest BCUT2D eigenvalue weighted by Crippen LogP contribution is 2.34. The summed E-state index contributed by atoms with van der Waals surface area (Å²) in [7, 11) is 0. The summed E-state index contributed by atoms with van der Waals surface area (Å²) in [5, 5.41) is 0. The van der Waals surface area contributed by atoms with Crippen molar-refractivity contribution in [2.24, 2.45) is 17.3 Å². The third-order valence-electron chi connectivity index (χ3n) is 3.85. The Labute approximate surface area is 153 Å². The van der Waals surface area contributed by atoms with Crippen molar-refractivity contribution in [3.05, 3.63) is 24.3 Å². The Morgan fingerprint density at radius 3 is 1.44 bits per heavy atom. The van der Waals surface area contributed by atoms with Crippen molar-refractivity contribution in [3.8, 4) is 0 Å². The number of hydrogen-bond acceptors (Lipinski definition) is 4. The maximum atomic E-state index is 12.7. The van der Waals surface area contributed by atoms with Crippen LogP contribution in [0.15, 0.2) is 24.3 Å². The lowest BCUT2D eigenvalue weighted by Crippen LogP contribution is -2.42. The second kappa shape index (κ2) is 12.7. The van der Waals surface area contributed by atoms with Crippen LogP contribution >= 0.6 is 0 Å². The summed E-state index contributed by atoms with van der Waals surface area (Å²) in [4.78, 5) is 25.3. The molecule has 0 aromatic carbocycles. The smallest absolute Gasteiger partial charge is 0.323 e. The first kappa shape index (κ1) is 23.4. The molecule has 0 saturated carbocycles. The zero-order chi connectivity index (χ0) is 19.3. The lowest BCUT2D eigenvalue weighted by Gasteiger charge is -2.28. The molecule has 0 saturated heterocycles. The van der Waals surface area contributed by atoms with E-state index in [4.69, 9.17) is 9.47 Å². The number of allylic oxidation sites excluding steroid dienone is 4. The van der Waals surface area contributed by atoms with Crippen molar-refractivity contribution >= 4 is 11.9 Å². The minimum Gasteiger partial charge on any atom is -0.465 e. The van der Waals surface area contributed by atoms with Crippen molar-refractivity contribution in [1.82, 2.24) is 0 Å². The van der Waals surface area contributed by atoms with Crippen LogP contribution in [0.1, 0.15) is 67.2 Å². The van der Waals surface area contributed by atoms with Gasteiger partial charge >= 0.3 is 11.9 Å². The topological polar surface area (TPSA) is 52.6 Å². The van der Waals surface area contributed by atoms with Crippen molar-refractivity contribution in [2.45, 2.75) is 67.2 Å². The van der Waals surface area contributed by atoms with Gasteiger partial charge in [0.15, 0.2) is 5.41 Å². The average molecular weight is 353 g/mol. The standard InChI is InChI=1S/C21H36O4/c1-7-24-19(22)21(20(23)25-8-2,15-11-9-13-17(3)4)16-12-10-14-18(5)6/h9-10,13-14,17-18H,7-8,11-12,15-16H2,1-6H3/b13-9+,14-10+. The number of carbonyl (C=O) groups is 2. The number of esters is 2. The Bertz CT molecular complexity index is 405. The van der Waals surface area contributed by atoms with E-state index in [0.29, 0.717) is 37.5 Å². The van der Waals surface area contributed by atoms with Gasteiger partial charge in [0.25, 0.3) is 0 Å². The highest BCUT2D eigenvalue weighted by Gasteiger charge is 2.47. The molecule has 0 amide bonds. The zero-order valence-corrected chi connectivity index (χ0v) is 16.8. The zero-order valence-electron chi connectivity index (χ0n) is 16.8. The number of ether oxygens (including phenoxy) is 2. The molecule has 0 rings (SSSR count). The molecular weight excluding hydrogens is 316 g/mol. The van der Waals surface area contributed by atoms with Crippen LogP contribution in [0.3, 0.4) is 0 Å². The average Bonchev–Trinajstić information content (AvgIpc) is 2.53. The fourth-order valence-electron chi connectivity index (χ4n) is 2.55. The predicted octanol–water partition coefficient (Wildman–Crippen LogP) is 5.08. The summed E-state index contributed by atoms with van der Waals surface area (Å²) in [6.07, 6.45) is 10.3. The lowest BCUT2D eigenvalue weighted by atomic mass is 9.78. The van der Waals surface area contributed by atoms with E-state index in [9.17, 15) is 9.59 Å². The SMILES string of the molecule is CCOC(=O)C(CC/C=C/C(C)C)(CC/C=C/C(C)C)C(=O)OCC. The highest BCUT2D eigenvalue weighted by atomic mass is 16.6. The van der Waals surface area contributed by atoms with Crippen LogP contribution in [-0.4, -0.2) is 25.2 Å². The molecule has 4 heteroatoms. The van der Waals surface area contributed by atoms with E-state index in [0.717, 1.165) is 0 Å². The molecule has 0 N–H and O–H groups in total. The lowest BCUT2D eigenvalue weighted by molar-refractivity contribution is -0.173. The van der Waals surface area contributed by atoms with E-state index < -0.39 is 17.4 Å². The van der Waals surface area contributed by atoms with Crippen LogP contribution in [0.5, 0.6) is 0 Å². The Morgan fingerprint density at radius 2 is 1.16 bits per heavy atom. The van der Waals surface area contributed by atoms with Crippen LogP contribution in [0, 0.1) is 17.3 Å². The van der Waals surface area contributed by atoms with Crippen molar-refractivity contribution < 1.29 is 19.1 Å². The molecule has 0 aliphatic carbocycles. The number of rotatable bonds is 12. The van der Waals surface area contributed by atoms with Gasteiger partial charge in [0.05, 0.1) is 13.2 Å². The number of hydrogen-bond donors (Lipinski definition) is 0. The maximum absolute atomic E-state index is 12.7. The third kappa shape index (κ3) is 8.89. The molecular formula is C21H36O4. The summed E-state index contributed by atoms with van der Waals surface area (Å²) >= 11 is 0. The summed E-state index contributed by atoms with van der Waals surface area (Å²) in [6.45, 7) is 12.4. The van der Waals surface area contributed by atoms with Crippen LogP contribution < -0.4 is 0 Å². The minimum absolute atomic E-state index is 0.254. The molecule has 0 spiro atoms. The van der Waals surface area contributed by atoms with Crippen molar-refractivity contribution in [1.29, 1.82) is 0 Å².